The minimum absolute atomic E-state index is 0.0724. The van der Waals surface area contributed by atoms with Gasteiger partial charge >= 0.3 is 0 Å². The summed E-state index contributed by atoms with van der Waals surface area (Å²) in [7, 11) is 0. The molecule has 4 nitrogen and oxygen atoms in total. The molecule has 2 rings (SSSR count). The molecule has 2 aliphatic rings. The van der Waals surface area contributed by atoms with Gasteiger partial charge in [-0.05, 0) is 23.8 Å². The molecule has 0 bridgehead atoms. The molecule has 0 radical (unpaired) electrons. The van der Waals surface area contributed by atoms with Crippen molar-refractivity contribution in [3.05, 3.63) is 24.4 Å². The topological polar surface area (TPSA) is 40.6 Å². The molecule has 0 N–H and O–H groups in total. The summed E-state index contributed by atoms with van der Waals surface area (Å²) in [5, 5.41) is 0. The minimum Gasteiger partial charge on any atom is -0.342 e. The molecular formula is C16H24N2O2. The lowest BCUT2D eigenvalue weighted by Gasteiger charge is -2.27. The van der Waals surface area contributed by atoms with Crippen LogP contribution in [0.3, 0.4) is 0 Å². The molecule has 2 aliphatic heterocycles. The van der Waals surface area contributed by atoms with E-state index in [0.717, 1.165) is 19.5 Å². The van der Waals surface area contributed by atoms with E-state index in [1.807, 2.05) is 4.90 Å². The molecule has 0 spiro atoms. The predicted molar refractivity (Wildman–Crippen MR) is 78.8 cm³/mol. The predicted octanol–water partition coefficient (Wildman–Crippen LogP) is 2.18. The average molecular weight is 276 g/mol. The zero-order valence-electron chi connectivity index (χ0n) is 12.7. The summed E-state index contributed by atoms with van der Waals surface area (Å²) in [6, 6.07) is 0. The average Bonchev–Trinajstić information content (AvgIpc) is 2.95. The Morgan fingerprint density at radius 1 is 1.40 bits per heavy atom. The van der Waals surface area contributed by atoms with E-state index in [-0.39, 0.29) is 17.2 Å². The van der Waals surface area contributed by atoms with Crippen molar-refractivity contribution < 1.29 is 9.59 Å². The maximum absolute atomic E-state index is 12.2. The molecule has 110 valence electrons. The van der Waals surface area contributed by atoms with Gasteiger partial charge in [-0.25, -0.2) is 0 Å². The van der Waals surface area contributed by atoms with Crippen LogP contribution in [0.2, 0.25) is 0 Å². The second-order valence-electron chi connectivity index (χ2n) is 6.76. The largest absolute Gasteiger partial charge is 0.342 e. The molecule has 1 fully saturated rings. The molecule has 2 amide bonds. The zero-order valence-corrected chi connectivity index (χ0v) is 12.7. The Balaban J connectivity index is 1.82. The van der Waals surface area contributed by atoms with E-state index in [4.69, 9.17) is 0 Å². The maximum Gasteiger partial charge on any atom is 0.251 e. The number of carbonyl (C=O) groups is 2. The SMILES string of the molecule is C=C1C=CC(=O)N1CCC(=O)N1CC[C@H](C(C)(C)C)C1. The fourth-order valence-corrected chi connectivity index (χ4v) is 2.80. The Morgan fingerprint density at radius 3 is 2.60 bits per heavy atom. The summed E-state index contributed by atoms with van der Waals surface area (Å²) in [5.74, 6) is 0.637. The molecule has 0 saturated carbocycles. The summed E-state index contributed by atoms with van der Waals surface area (Å²) in [6.07, 6.45) is 4.64. The van der Waals surface area contributed by atoms with E-state index < -0.39 is 0 Å². The summed E-state index contributed by atoms with van der Waals surface area (Å²) >= 11 is 0. The van der Waals surface area contributed by atoms with Gasteiger partial charge in [0.25, 0.3) is 5.91 Å². The monoisotopic (exact) mass is 276 g/mol. The molecular weight excluding hydrogens is 252 g/mol. The molecule has 20 heavy (non-hydrogen) atoms. The third kappa shape index (κ3) is 3.11. The molecule has 2 heterocycles. The lowest BCUT2D eigenvalue weighted by Crippen LogP contribution is -2.34. The maximum atomic E-state index is 12.2. The Labute approximate surface area is 121 Å². The van der Waals surface area contributed by atoms with Gasteiger partial charge in [0.2, 0.25) is 5.91 Å². The second kappa shape index (κ2) is 5.43. The Hall–Kier alpha value is -1.58. The number of carbonyl (C=O) groups excluding carboxylic acids is 2. The molecule has 0 aromatic heterocycles. The molecule has 1 saturated heterocycles. The van der Waals surface area contributed by atoms with E-state index in [2.05, 4.69) is 27.4 Å². The normalized spacial score (nSPS) is 23.1. The summed E-state index contributed by atoms with van der Waals surface area (Å²) < 4.78 is 0. The van der Waals surface area contributed by atoms with Crippen LogP contribution in [0.4, 0.5) is 0 Å². The van der Waals surface area contributed by atoms with Gasteiger partial charge in [-0.15, -0.1) is 0 Å². The third-order valence-corrected chi connectivity index (χ3v) is 4.35. The molecule has 4 heteroatoms. The van der Waals surface area contributed by atoms with Gasteiger partial charge in [0.1, 0.15) is 0 Å². The number of allylic oxidation sites excluding steroid dienone is 1. The van der Waals surface area contributed by atoms with Crippen molar-refractivity contribution in [1.29, 1.82) is 0 Å². The van der Waals surface area contributed by atoms with Crippen molar-refractivity contribution in [1.82, 2.24) is 9.80 Å². The summed E-state index contributed by atoms with van der Waals surface area (Å²) in [5.41, 5.74) is 0.926. The number of rotatable bonds is 3. The minimum atomic E-state index is -0.0724. The van der Waals surface area contributed by atoms with Gasteiger partial charge in [0.05, 0.1) is 0 Å². The third-order valence-electron chi connectivity index (χ3n) is 4.35. The van der Waals surface area contributed by atoms with Crippen LogP contribution >= 0.6 is 0 Å². The highest BCUT2D eigenvalue weighted by Gasteiger charge is 2.33. The number of hydrogen-bond donors (Lipinski definition) is 0. The van der Waals surface area contributed by atoms with Crippen LogP contribution in [-0.2, 0) is 9.59 Å². The van der Waals surface area contributed by atoms with Crippen LogP contribution in [0.25, 0.3) is 0 Å². The van der Waals surface area contributed by atoms with Gasteiger partial charge in [-0.3, -0.25) is 9.59 Å². The van der Waals surface area contributed by atoms with E-state index in [1.165, 1.54) is 6.08 Å². The van der Waals surface area contributed by atoms with E-state index in [1.54, 1.807) is 11.0 Å². The van der Waals surface area contributed by atoms with Crippen LogP contribution in [-0.4, -0.2) is 41.2 Å². The van der Waals surface area contributed by atoms with Crippen LogP contribution < -0.4 is 0 Å². The summed E-state index contributed by atoms with van der Waals surface area (Å²) in [4.78, 5) is 27.3. The number of hydrogen-bond acceptors (Lipinski definition) is 2. The first-order chi connectivity index (χ1) is 9.29. The highest BCUT2D eigenvalue weighted by molar-refractivity contribution is 5.93. The number of likely N-dealkylation sites (tertiary alicyclic amines) is 1. The fourth-order valence-electron chi connectivity index (χ4n) is 2.80. The van der Waals surface area contributed by atoms with Crippen molar-refractivity contribution in [3.63, 3.8) is 0 Å². The first kappa shape index (κ1) is 14.8. The van der Waals surface area contributed by atoms with Gasteiger partial charge < -0.3 is 9.80 Å². The van der Waals surface area contributed by atoms with Gasteiger partial charge in [-0.1, -0.05) is 27.4 Å². The van der Waals surface area contributed by atoms with Crippen molar-refractivity contribution in [2.24, 2.45) is 11.3 Å². The van der Waals surface area contributed by atoms with Crippen LogP contribution in [0.1, 0.15) is 33.6 Å². The Kier molecular flexibility index (Phi) is 4.02. The van der Waals surface area contributed by atoms with E-state index >= 15 is 0 Å². The zero-order chi connectivity index (χ0) is 14.9. The summed E-state index contributed by atoms with van der Waals surface area (Å²) in [6.45, 7) is 12.6. The van der Waals surface area contributed by atoms with Gasteiger partial charge in [-0.2, -0.15) is 0 Å². The fraction of sp³-hybridized carbons (Fsp3) is 0.625. The lowest BCUT2D eigenvalue weighted by molar-refractivity contribution is -0.131. The smallest absolute Gasteiger partial charge is 0.251 e. The second-order valence-corrected chi connectivity index (χ2v) is 6.76. The molecule has 0 unspecified atom stereocenters. The molecule has 0 aliphatic carbocycles. The highest BCUT2D eigenvalue weighted by Crippen LogP contribution is 2.33. The van der Waals surface area contributed by atoms with E-state index in [0.29, 0.717) is 24.6 Å². The van der Waals surface area contributed by atoms with Crippen molar-refractivity contribution in [2.75, 3.05) is 19.6 Å². The standard InChI is InChI=1S/C16H24N2O2/c1-12-5-6-15(20)18(12)10-8-14(19)17-9-7-13(11-17)16(2,3)4/h5-6,13H,1,7-11H2,2-4H3/t13-/m0/s1. The number of amides is 2. The highest BCUT2D eigenvalue weighted by atomic mass is 16.2. The van der Waals surface area contributed by atoms with Crippen molar-refractivity contribution in [3.8, 4) is 0 Å². The van der Waals surface area contributed by atoms with Crippen LogP contribution in [0.5, 0.6) is 0 Å². The first-order valence-corrected chi connectivity index (χ1v) is 7.25. The van der Waals surface area contributed by atoms with Crippen molar-refractivity contribution in [2.45, 2.75) is 33.6 Å². The molecule has 1 atom stereocenters. The first-order valence-electron chi connectivity index (χ1n) is 7.25. The van der Waals surface area contributed by atoms with Crippen molar-refractivity contribution >= 4 is 11.8 Å². The Bertz CT molecular complexity index is 442. The van der Waals surface area contributed by atoms with Gasteiger partial charge in [0, 0.05) is 37.8 Å². The van der Waals surface area contributed by atoms with Gasteiger partial charge in [0.15, 0.2) is 0 Å². The van der Waals surface area contributed by atoms with Crippen LogP contribution in [0.15, 0.2) is 24.4 Å². The Morgan fingerprint density at radius 2 is 2.10 bits per heavy atom. The lowest BCUT2D eigenvalue weighted by atomic mass is 9.80. The van der Waals surface area contributed by atoms with E-state index in [9.17, 15) is 9.59 Å². The number of nitrogens with zero attached hydrogens (tertiary/aromatic N) is 2. The quantitative estimate of drug-likeness (QED) is 0.792. The molecule has 0 aromatic rings. The van der Waals surface area contributed by atoms with Crippen LogP contribution in [0, 0.1) is 11.3 Å². The molecule has 0 aromatic carbocycles.